The van der Waals surface area contributed by atoms with E-state index in [4.69, 9.17) is 6.58 Å². The van der Waals surface area contributed by atoms with Gasteiger partial charge >= 0.3 is 274 Å². The monoisotopic (exact) mass is 1100 g/mol. The summed E-state index contributed by atoms with van der Waals surface area (Å²) in [7, 11) is -4.77. The molecule has 2 N–H and O–H groups in total. The Kier molecular flexibility index (Phi) is 16.7. The standard InChI is InChI=1S/C41H33P2.2C9H7NO.ClH.Os/c1-34(42(36-21-9-3-10-22-36,37-23-11-4-12-24-37)38-25-13-5-14-26-38)33-35(2)43(39-27-15-6-16-28-39,40-29-17-7-18-30-40)41-31-19-8-20-32-41;2*11-8-5-1-3-7-4-2-6-10-9(7)8;;/h1-33H;2*1-6,11H;1H;/q+1;;;;/p-1/b34-33+;;;;. The molecule has 0 fully saturated rings. The van der Waals surface area contributed by atoms with Crippen LogP contribution in [-0.2, 0) is 18.1 Å². The molecule has 0 aliphatic heterocycles. The second-order valence-electron chi connectivity index (χ2n) is 15.2. The molecule has 0 aliphatic carbocycles. The Labute approximate surface area is 410 Å². The van der Waals surface area contributed by atoms with Crippen molar-refractivity contribution >= 4 is 72.7 Å². The zero-order valence-electron chi connectivity index (χ0n) is 36.4. The number of pyridine rings is 2. The number of aromatic nitrogens is 2. The van der Waals surface area contributed by atoms with Crippen LogP contribution in [-0.4, -0.2) is 24.7 Å². The van der Waals surface area contributed by atoms with Crippen molar-refractivity contribution in [3.8, 4) is 11.5 Å². The van der Waals surface area contributed by atoms with Gasteiger partial charge in [-0.3, -0.25) is 9.97 Å². The average Bonchev–Trinajstić information content (AvgIpc) is 3.39. The normalized spacial score (nSPS) is 11.2. The van der Waals surface area contributed by atoms with E-state index in [9.17, 15) is 10.2 Å². The second kappa shape index (κ2) is 23.2. The molecular formula is C59H47ClN2O2OsP2. The first-order valence-electron chi connectivity index (χ1n) is 21.4. The predicted molar refractivity (Wildman–Crippen MR) is 279 cm³/mol. The summed E-state index contributed by atoms with van der Waals surface area (Å²) < 4.78 is 2.32. The molecule has 2 aromatic heterocycles. The fraction of sp³-hybridized carbons (Fsp3) is 0. The number of aromatic hydroxyl groups is 2. The maximum Gasteiger partial charge on any atom is -1.00 e. The summed E-state index contributed by atoms with van der Waals surface area (Å²) in [6.45, 7) is 7.65. The molecule has 8 aromatic carbocycles. The fourth-order valence-electron chi connectivity index (χ4n) is 8.32. The summed E-state index contributed by atoms with van der Waals surface area (Å²) in [5.41, 5.74) is 1.32. The second-order valence-corrected chi connectivity index (χ2v) is 22.7. The van der Waals surface area contributed by atoms with Crippen LogP contribution in [0.3, 0.4) is 0 Å². The number of nitrogens with zero attached hydrogens (tertiary/aromatic N) is 2. The molecule has 4 nitrogen and oxygen atoms in total. The predicted octanol–water partition coefficient (Wildman–Crippen LogP) is 8.41. The average molecular weight is 1100 g/mol. The van der Waals surface area contributed by atoms with Crippen LogP contribution >= 0.6 is 14.5 Å². The maximum atomic E-state index is 9.31. The molecule has 2 heterocycles. The largest absolute Gasteiger partial charge is 1.00 e. The molecule has 0 unspecified atom stereocenters. The van der Waals surface area contributed by atoms with Crippen LogP contribution in [0.5, 0.6) is 11.5 Å². The Bertz CT molecular complexity index is 2920. The molecule has 0 aliphatic rings. The molecule has 67 heavy (non-hydrogen) atoms. The maximum absolute atomic E-state index is 9.31. The van der Waals surface area contributed by atoms with Crippen LogP contribution < -0.4 is 44.2 Å². The van der Waals surface area contributed by atoms with Gasteiger partial charge < -0.3 is 22.6 Å². The van der Waals surface area contributed by atoms with Crippen molar-refractivity contribution in [2.24, 2.45) is 0 Å². The van der Waals surface area contributed by atoms with Gasteiger partial charge in [0.15, 0.2) is 0 Å². The number of hydrogen-bond donors (Lipinski definition) is 2. The van der Waals surface area contributed by atoms with Gasteiger partial charge in [0.25, 0.3) is 0 Å². The third kappa shape index (κ3) is 10.3. The van der Waals surface area contributed by atoms with E-state index in [1.54, 1.807) is 36.7 Å². The topological polar surface area (TPSA) is 66.2 Å². The van der Waals surface area contributed by atoms with Crippen molar-refractivity contribution < 1.29 is 40.8 Å². The number of fused-ring (bicyclic) bond motifs is 2. The Morgan fingerprint density at radius 2 is 0.672 bits per heavy atom. The van der Waals surface area contributed by atoms with Crippen LogP contribution in [0.1, 0.15) is 0 Å². The van der Waals surface area contributed by atoms with Crippen LogP contribution in [0, 0.1) is 6.58 Å². The van der Waals surface area contributed by atoms with Gasteiger partial charge in [0, 0.05) is 23.2 Å². The summed E-state index contributed by atoms with van der Waals surface area (Å²) in [4.78, 5) is 8.06. The van der Waals surface area contributed by atoms with E-state index in [1.807, 2.05) is 54.5 Å². The van der Waals surface area contributed by atoms with Crippen LogP contribution in [0.4, 0.5) is 0 Å². The fourth-order valence-corrected chi connectivity index (χ4v) is 18.2. The van der Waals surface area contributed by atoms with Gasteiger partial charge in [0.05, 0.1) is 0 Å². The number of halogens is 1. The molecule has 0 saturated heterocycles. The number of hydrogen-bond acceptors (Lipinski definition) is 4. The molecule has 0 amide bonds. The van der Waals surface area contributed by atoms with Gasteiger partial charge in [0.1, 0.15) is 22.5 Å². The van der Waals surface area contributed by atoms with Gasteiger partial charge in [-0.05, 0) is 24.3 Å². The van der Waals surface area contributed by atoms with Gasteiger partial charge in [-0.25, -0.2) is 0 Å². The minimum atomic E-state index is -2.44. The molecule has 0 spiro atoms. The van der Waals surface area contributed by atoms with Crippen molar-refractivity contribution in [3.05, 3.63) is 278 Å². The Morgan fingerprint density at radius 1 is 0.388 bits per heavy atom. The van der Waals surface area contributed by atoms with E-state index in [-0.39, 0.29) is 23.9 Å². The van der Waals surface area contributed by atoms with E-state index >= 15 is 0 Å². The van der Waals surface area contributed by atoms with Gasteiger partial charge in [-0.1, -0.05) is 36.4 Å². The van der Waals surface area contributed by atoms with Crippen molar-refractivity contribution in [1.29, 1.82) is 0 Å². The smallest absolute Gasteiger partial charge is 1.00 e. The third-order valence-corrected chi connectivity index (χ3v) is 21.0. The minimum Gasteiger partial charge on any atom is -1.00 e. The van der Waals surface area contributed by atoms with Crippen molar-refractivity contribution in [1.82, 2.24) is 9.97 Å². The molecule has 0 bridgehead atoms. The molecule has 0 saturated carbocycles. The van der Waals surface area contributed by atoms with Crippen LogP contribution in [0.2, 0.25) is 0 Å². The minimum absolute atomic E-state index is 0. The zero-order valence-corrected chi connectivity index (χ0v) is 41.5. The summed E-state index contributed by atoms with van der Waals surface area (Å²) in [5.74, 6) is 0.478. The van der Waals surface area contributed by atoms with Crippen molar-refractivity contribution in [2.45, 2.75) is 0 Å². The quantitative estimate of drug-likeness (QED) is 0.0822. The number of phenolic OH excluding ortho intramolecular Hbond substituents is 2. The Balaban J connectivity index is 0.000000234. The van der Waals surface area contributed by atoms with Gasteiger partial charge in [-0.15, -0.1) is 0 Å². The molecule has 0 radical (unpaired) electrons. The summed E-state index contributed by atoms with van der Waals surface area (Å²) in [6.07, 6.45) is 5.68. The Hall–Kier alpha value is -6.68. The number of rotatable bonds is 10. The summed E-state index contributed by atoms with van der Waals surface area (Å²) in [5, 5.41) is 30.3. The molecule has 0 atom stereocenters. The first kappa shape index (κ1) is 48.3. The number of para-hydroxylation sites is 2. The first-order chi connectivity index (χ1) is 32.5. The SMILES string of the molecule is Oc1cccc2cccnc12.Oc1cccc2cccnc12.[CH-]=C(/C=C(\[CH]=[Os])[P+](c1ccccc1)(c1ccccc1)c1ccccc1)[P+](c1ccccc1)(c1ccccc1)c1ccccc1.[Cl-]. The molecule has 10 rings (SSSR count). The molecule has 10 aromatic rings. The van der Waals surface area contributed by atoms with Gasteiger partial charge in [0.2, 0.25) is 0 Å². The zero-order chi connectivity index (χ0) is 45.6. The Morgan fingerprint density at radius 3 is 0.955 bits per heavy atom. The number of benzene rings is 8. The number of phenols is 2. The third-order valence-electron chi connectivity index (χ3n) is 11.3. The first-order valence-corrected chi connectivity index (χ1v) is 26.5. The molecule has 8 heteroatoms. The van der Waals surface area contributed by atoms with Crippen molar-refractivity contribution in [2.75, 3.05) is 0 Å². The van der Waals surface area contributed by atoms with Gasteiger partial charge in [-0.2, -0.15) is 0 Å². The van der Waals surface area contributed by atoms with Crippen LogP contribution in [0.15, 0.2) is 272 Å². The molecule has 330 valence electrons. The van der Waals surface area contributed by atoms with E-state index in [1.165, 1.54) is 37.1 Å². The van der Waals surface area contributed by atoms with E-state index in [0.717, 1.165) is 16.1 Å². The van der Waals surface area contributed by atoms with Crippen molar-refractivity contribution in [3.63, 3.8) is 0 Å². The van der Waals surface area contributed by atoms with E-state index < -0.39 is 14.5 Å². The van der Waals surface area contributed by atoms with Crippen LogP contribution in [0.25, 0.3) is 21.8 Å². The summed E-state index contributed by atoms with van der Waals surface area (Å²) >= 11 is 1.91. The number of allylic oxidation sites excluding steroid dienone is 3. The van der Waals surface area contributed by atoms with E-state index in [0.29, 0.717) is 11.0 Å². The summed E-state index contributed by atoms with van der Waals surface area (Å²) in [6, 6.07) is 83.8. The molecular weight excluding hydrogens is 1060 g/mol. The van der Waals surface area contributed by atoms with E-state index in [2.05, 4.69) is 203 Å².